The van der Waals surface area contributed by atoms with Crippen LogP contribution in [0.25, 0.3) is 22.5 Å². The van der Waals surface area contributed by atoms with Gasteiger partial charge in [0.1, 0.15) is 0 Å². The molecule has 2 heterocycles. The summed E-state index contributed by atoms with van der Waals surface area (Å²) in [6.07, 6.45) is 18.2. The number of aromatic amines is 2. The maximum atomic E-state index is 4.76. The van der Waals surface area contributed by atoms with Crippen LogP contribution in [0.5, 0.6) is 0 Å². The van der Waals surface area contributed by atoms with E-state index in [9.17, 15) is 0 Å². The average molecular weight is 543 g/mol. The summed E-state index contributed by atoms with van der Waals surface area (Å²) in [5, 5.41) is 0. The number of nitrogens with zero attached hydrogens (tertiary/aromatic N) is 2. The van der Waals surface area contributed by atoms with Gasteiger partial charge in [0.25, 0.3) is 0 Å². The molecule has 0 atom stereocenters. The third-order valence-electron chi connectivity index (χ3n) is 8.10. The van der Waals surface area contributed by atoms with Gasteiger partial charge in [-0.05, 0) is 71.9 Å². The smallest absolute Gasteiger partial charge is 0.0601 e. The zero-order valence-electron chi connectivity index (χ0n) is 26.3. The highest BCUT2D eigenvalue weighted by atomic mass is 14.8. The van der Waals surface area contributed by atoms with Gasteiger partial charge in [0, 0.05) is 36.9 Å². The van der Waals surface area contributed by atoms with Gasteiger partial charge in [-0.1, -0.05) is 104 Å². The minimum Gasteiger partial charge on any atom is -0.353 e. The van der Waals surface area contributed by atoms with E-state index in [0.29, 0.717) is 0 Å². The first-order chi connectivity index (χ1) is 19.6. The molecule has 3 aromatic rings. The van der Waals surface area contributed by atoms with E-state index in [0.717, 1.165) is 38.8 Å². The Bertz CT molecular complexity index is 1110. The minimum absolute atomic E-state index is 0.912. The molecular formula is C36H54N4. The fourth-order valence-electron chi connectivity index (χ4n) is 5.87. The highest BCUT2D eigenvalue weighted by Crippen LogP contribution is 2.33. The largest absolute Gasteiger partial charge is 0.353 e. The maximum Gasteiger partial charge on any atom is 0.0601 e. The normalized spacial score (nSPS) is 11.9. The van der Waals surface area contributed by atoms with E-state index in [-0.39, 0.29) is 0 Å². The summed E-state index contributed by atoms with van der Waals surface area (Å²) in [5.74, 6) is 0. The molecule has 0 spiro atoms. The Kier molecular flexibility index (Phi) is 13.5. The van der Waals surface area contributed by atoms with Crippen LogP contribution in [0.3, 0.4) is 0 Å². The lowest BCUT2D eigenvalue weighted by Gasteiger charge is -2.08. The van der Waals surface area contributed by atoms with E-state index in [1.807, 2.05) is 0 Å². The molecule has 2 N–H and O–H groups in total. The first kappa shape index (κ1) is 31.6. The molecule has 0 radical (unpaired) electrons. The van der Waals surface area contributed by atoms with Crippen LogP contribution in [-0.4, -0.2) is 35.5 Å². The van der Waals surface area contributed by atoms with Crippen molar-refractivity contribution in [2.45, 2.75) is 119 Å². The van der Waals surface area contributed by atoms with Crippen LogP contribution in [-0.2, 0) is 25.7 Å². The van der Waals surface area contributed by atoms with Crippen LogP contribution in [0.2, 0.25) is 0 Å². The van der Waals surface area contributed by atoms with Crippen molar-refractivity contribution in [2.24, 2.45) is 9.98 Å². The third kappa shape index (κ3) is 8.08. The zero-order valence-corrected chi connectivity index (χ0v) is 26.3. The monoisotopic (exact) mass is 542 g/mol. The van der Waals surface area contributed by atoms with Crippen molar-refractivity contribution in [3.63, 3.8) is 0 Å². The van der Waals surface area contributed by atoms with Crippen molar-refractivity contribution in [1.82, 2.24) is 9.97 Å². The number of nitrogens with one attached hydrogen (secondary N) is 2. The van der Waals surface area contributed by atoms with E-state index in [4.69, 9.17) is 9.98 Å². The summed E-state index contributed by atoms with van der Waals surface area (Å²) in [4.78, 5) is 17.0. The van der Waals surface area contributed by atoms with E-state index in [1.165, 1.54) is 108 Å². The van der Waals surface area contributed by atoms with Gasteiger partial charge in [0.15, 0.2) is 0 Å². The van der Waals surface area contributed by atoms with Gasteiger partial charge in [0.05, 0.1) is 11.4 Å². The molecule has 0 amide bonds. The number of aliphatic imine (C=N–C) groups is 2. The third-order valence-corrected chi connectivity index (χ3v) is 8.10. The van der Waals surface area contributed by atoms with Gasteiger partial charge in [-0.2, -0.15) is 0 Å². The van der Waals surface area contributed by atoms with Crippen molar-refractivity contribution >= 4 is 12.4 Å². The van der Waals surface area contributed by atoms with Crippen LogP contribution in [0, 0.1) is 0 Å². The first-order valence-electron chi connectivity index (χ1n) is 16.2. The van der Waals surface area contributed by atoms with Gasteiger partial charge in [-0.25, -0.2) is 0 Å². The van der Waals surface area contributed by atoms with Gasteiger partial charge in [-0.15, -0.1) is 0 Å². The molecule has 4 nitrogen and oxygen atoms in total. The summed E-state index contributed by atoms with van der Waals surface area (Å²) >= 11 is 0. The van der Waals surface area contributed by atoms with E-state index in [1.54, 1.807) is 0 Å². The molecular weight excluding hydrogens is 488 g/mol. The molecule has 218 valence electrons. The lowest BCUT2D eigenvalue weighted by molar-refractivity contribution is 0.676. The Morgan fingerprint density at radius 3 is 1.20 bits per heavy atom. The maximum absolute atomic E-state index is 4.76. The predicted octanol–water partition coefficient (Wildman–Crippen LogP) is 9.92. The molecule has 0 unspecified atom stereocenters. The molecule has 0 aliphatic rings. The van der Waals surface area contributed by atoms with Crippen molar-refractivity contribution in [3.8, 4) is 22.5 Å². The van der Waals surface area contributed by atoms with Crippen molar-refractivity contribution < 1.29 is 0 Å². The van der Waals surface area contributed by atoms with E-state index < -0.39 is 0 Å². The highest BCUT2D eigenvalue weighted by Gasteiger charge is 2.18. The molecule has 1 aromatic carbocycles. The summed E-state index contributed by atoms with van der Waals surface area (Å²) in [5.41, 5.74) is 13.0. The minimum atomic E-state index is 0.912. The lowest BCUT2D eigenvalue weighted by Crippen LogP contribution is -1.93. The molecule has 0 bridgehead atoms. The van der Waals surface area contributed by atoms with Crippen molar-refractivity contribution in [3.05, 3.63) is 57.9 Å². The second kappa shape index (κ2) is 17.0. The van der Waals surface area contributed by atoms with Crippen LogP contribution in [0.4, 0.5) is 0 Å². The molecule has 3 rings (SSSR count). The van der Waals surface area contributed by atoms with Crippen LogP contribution in [0.1, 0.15) is 127 Å². The summed E-state index contributed by atoms with van der Waals surface area (Å²) in [7, 11) is 0. The molecule has 0 saturated carbocycles. The SMILES string of the molecule is CCCCCCN=Cc1[nH]c(-c2ccc(-c3[nH]c(C=NCCCCCC)c(CC)c3CC)cc2)c(CC)c1CC. The standard InChI is InChI=1S/C36H54N4/c1-7-13-15-17-23-37-25-33-29(9-3)31(11-5)35(39-33)27-19-21-28(22-20-27)36-32(12-6)30(10-4)34(40-36)26-38-24-18-16-14-8-2/h19-22,25-26,39-40H,7-18,23-24H2,1-6H3. The summed E-state index contributed by atoms with van der Waals surface area (Å²) in [6, 6.07) is 9.11. The number of unbranched alkanes of at least 4 members (excludes halogenated alkanes) is 6. The molecule has 0 saturated heterocycles. The number of aromatic nitrogens is 2. The second-order valence-electron chi connectivity index (χ2n) is 10.9. The quantitative estimate of drug-likeness (QED) is 0.119. The highest BCUT2D eigenvalue weighted by molar-refractivity contribution is 5.86. The second-order valence-corrected chi connectivity index (χ2v) is 10.9. The molecule has 2 aromatic heterocycles. The fourth-order valence-corrected chi connectivity index (χ4v) is 5.87. The summed E-state index contributed by atoms with van der Waals surface area (Å²) < 4.78 is 0. The molecule has 0 aliphatic heterocycles. The van der Waals surface area contributed by atoms with Gasteiger partial charge in [-0.3, -0.25) is 9.98 Å². The molecule has 0 fully saturated rings. The number of hydrogen-bond donors (Lipinski definition) is 2. The fraction of sp³-hybridized carbons (Fsp3) is 0.556. The molecule has 0 aliphatic carbocycles. The van der Waals surface area contributed by atoms with Gasteiger partial charge >= 0.3 is 0 Å². The molecule has 4 heteroatoms. The number of benzene rings is 1. The van der Waals surface area contributed by atoms with Crippen molar-refractivity contribution in [2.75, 3.05) is 13.1 Å². The van der Waals surface area contributed by atoms with Crippen LogP contribution < -0.4 is 0 Å². The average Bonchev–Trinajstić information content (AvgIpc) is 3.53. The van der Waals surface area contributed by atoms with Crippen LogP contribution >= 0.6 is 0 Å². The van der Waals surface area contributed by atoms with E-state index >= 15 is 0 Å². The van der Waals surface area contributed by atoms with Gasteiger partial charge in [0.2, 0.25) is 0 Å². The number of H-pyrrole nitrogens is 2. The van der Waals surface area contributed by atoms with Crippen molar-refractivity contribution in [1.29, 1.82) is 0 Å². The van der Waals surface area contributed by atoms with Crippen LogP contribution in [0.15, 0.2) is 34.3 Å². The van der Waals surface area contributed by atoms with Gasteiger partial charge < -0.3 is 9.97 Å². The Balaban J connectivity index is 1.85. The number of hydrogen-bond acceptors (Lipinski definition) is 2. The first-order valence-corrected chi connectivity index (χ1v) is 16.2. The number of rotatable bonds is 18. The Morgan fingerprint density at radius 1 is 0.500 bits per heavy atom. The lowest BCUT2D eigenvalue weighted by atomic mass is 9.97. The zero-order chi connectivity index (χ0) is 28.7. The Morgan fingerprint density at radius 2 is 0.875 bits per heavy atom. The van der Waals surface area contributed by atoms with E-state index in [2.05, 4.69) is 88.2 Å². The molecule has 40 heavy (non-hydrogen) atoms. The summed E-state index contributed by atoms with van der Waals surface area (Å²) in [6.45, 7) is 15.4. The Hall–Kier alpha value is -2.88. The Labute approximate surface area is 244 Å². The predicted molar refractivity (Wildman–Crippen MR) is 177 cm³/mol. The topological polar surface area (TPSA) is 56.3 Å².